The molecular weight excluding hydrogens is 138 g/mol. The Balaban J connectivity index is 2.20. The minimum Gasteiger partial charge on any atom is -0.356 e. The van der Waals surface area contributed by atoms with Crippen molar-refractivity contribution < 1.29 is 4.79 Å². The third-order valence-electron chi connectivity index (χ3n) is 2.33. The number of nitrogens with one attached hydrogen (secondary N) is 1. The van der Waals surface area contributed by atoms with Crippen molar-refractivity contribution in [2.24, 2.45) is 11.8 Å². The Kier molecular flexibility index (Phi) is 1.53. The number of hydrogen-bond donors (Lipinski definition) is 1. The van der Waals surface area contributed by atoms with Gasteiger partial charge in [-0.1, -0.05) is 24.3 Å². The predicted molar refractivity (Wildman–Crippen MR) is 42.9 cm³/mol. The van der Waals surface area contributed by atoms with Gasteiger partial charge in [0.05, 0.1) is 5.92 Å². The zero-order chi connectivity index (χ0) is 7.68. The molecule has 0 spiro atoms. The lowest BCUT2D eigenvalue weighted by Crippen LogP contribution is -2.41. The van der Waals surface area contributed by atoms with Gasteiger partial charge in [0.25, 0.3) is 0 Å². The highest BCUT2D eigenvalue weighted by atomic mass is 16.1. The zero-order valence-corrected chi connectivity index (χ0v) is 6.29. The van der Waals surface area contributed by atoms with Gasteiger partial charge in [0, 0.05) is 6.54 Å². The van der Waals surface area contributed by atoms with Gasteiger partial charge in [-0.05, 0) is 12.3 Å². The molecule has 0 aromatic rings. The lowest BCUT2D eigenvalue weighted by molar-refractivity contribution is -0.126. The molecule has 0 bridgehead atoms. The molecule has 1 saturated heterocycles. The van der Waals surface area contributed by atoms with Gasteiger partial charge in [-0.3, -0.25) is 4.79 Å². The van der Waals surface area contributed by atoms with Gasteiger partial charge in [-0.2, -0.15) is 0 Å². The van der Waals surface area contributed by atoms with Crippen LogP contribution >= 0.6 is 0 Å². The molecule has 1 aliphatic heterocycles. The standard InChI is InChI=1S/C9H11NO/c11-9-8-4-2-1-3-7(8)5-6-10-9/h1-4,7-8H,5-6H2,(H,10,11). The molecule has 0 aromatic heterocycles. The van der Waals surface area contributed by atoms with E-state index in [-0.39, 0.29) is 11.8 Å². The van der Waals surface area contributed by atoms with E-state index in [2.05, 4.69) is 11.4 Å². The van der Waals surface area contributed by atoms with Gasteiger partial charge in [0.15, 0.2) is 0 Å². The van der Waals surface area contributed by atoms with Crippen LogP contribution in [0.2, 0.25) is 0 Å². The summed E-state index contributed by atoms with van der Waals surface area (Å²) >= 11 is 0. The lowest BCUT2D eigenvalue weighted by atomic mass is 9.83. The van der Waals surface area contributed by atoms with Crippen LogP contribution < -0.4 is 5.32 Å². The molecule has 0 aromatic carbocycles. The van der Waals surface area contributed by atoms with Gasteiger partial charge >= 0.3 is 0 Å². The number of fused-ring (bicyclic) bond motifs is 1. The second-order valence-electron chi connectivity index (χ2n) is 3.04. The van der Waals surface area contributed by atoms with E-state index in [4.69, 9.17) is 0 Å². The monoisotopic (exact) mass is 149 g/mol. The van der Waals surface area contributed by atoms with Crippen LogP contribution in [0.25, 0.3) is 0 Å². The van der Waals surface area contributed by atoms with E-state index in [1.54, 1.807) is 0 Å². The Morgan fingerprint density at radius 2 is 2.18 bits per heavy atom. The highest BCUT2D eigenvalue weighted by Gasteiger charge is 2.28. The first-order chi connectivity index (χ1) is 5.38. The fourth-order valence-electron chi connectivity index (χ4n) is 1.69. The maximum Gasteiger partial charge on any atom is 0.227 e. The highest BCUT2D eigenvalue weighted by molar-refractivity contribution is 5.82. The summed E-state index contributed by atoms with van der Waals surface area (Å²) in [6.07, 6.45) is 9.17. The Labute approximate surface area is 66.0 Å². The molecule has 2 nitrogen and oxygen atoms in total. The van der Waals surface area contributed by atoms with E-state index < -0.39 is 0 Å². The first-order valence-electron chi connectivity index (χ1n) is 4.00. The molecule has 58 valence electrons. The Hall–Kier alpha value is -1.05. The van der Waals surface area contributed by atoms with E-state index in [0.29, 0.717) is 5.92 Å². The van der Waals surface area contributed by atoms with E-state index in [9.17, 15) is 4.79 Å². The van der Waals surface area contributed by atoms with E-state index in [0.717, 1.165) is 13.0 Å². The van der Waals surface area contributed by atoms with E-state index >= 15 is 0 Å². The van der Waals surface area contributed by atoms with Crippen LogP contribution in [0.5, 0.6) is 0 Å². The minimum absolute atomic E-state index is 0.105. The van der Waals surface area contributed by atoms with Crippen LogP contribution in [0.15, 0.2) is 24.3 Å². The van der Waals surface area contributed by atoms with Gasteiger partial charge in [-0.25, -0.2) is 0 Å². The predicted octanol–water partition coefficient (Wildman–Crippen LogP) is 0.865. The number of piperidine rings is 1. The Bertz CT molecular complexity index is 230. The SMILES string of the molecule is O=C1NCCC2C=CC=CC12. The average molecular weight is 149 g/mol. The zero-order valence-electron chi connectivity index (χ0n) is 6.29. The molecule has 1 aliphatic carbocycles. The molecule has 1 amide bonds. The summed E-state index contributed by atoms with van der Waals surface area (Å²) in [4.78, 5) is 11.2. The summed E-state index contributed by atoms with van der Waals surface area (Å²) < 4.78 is 0. The number of carbonyl (C=O) groups is 1. The summed E-state index contributed by atoms with van der Waals surface area (Å²) in [7, 11) is 0. The maximum atomic E-state index is 11.2. The van der Waals surface area contributed by atoms with Crippen molar-refractivity contribution in [1.82, 2.24) is 5.32 Å². The number of amides is 1. The second kappa shape index (κ2) is 2.53. The van der Waals surface area contributed by atoms with Crippen LogP contribution in [0.1, 0.15) is 6.42 Å². The molecule has 1 N–H and O–H groups in total. The van der Waals surface area contributed by atoms with Crippen molar-refractivity contribution in [2.75, 3.05) is 6.54 Å². The van der Waals surface area contributed by atoms with E-state index in [1.807, 2.05) is 18.2 Å². The van der Waals surface area contributed by atoms with Gasteiger partial charge in [0.1, 0.15) is 0 Å². The van der Waals surface area contributed by atoms with E-state index in [1.165, 1.54) is 0 Å². The maximum absolute atomic E-state index is 11.2. The summed E-state index contributed by atoms with van der Waals surface area (Å²) in [5.74, 6) is 0.740. The normalized spacial score (nSPS) is 34.7. The van der Waals surface area contributed by atoms with Crippen LogP contribution in [0, 0.1) is 11.8 Å². The van der Waals surface area contributed by atoms with Crippen LogP contribution in [0.3, 0.4) is 0 Å². The molecule has 2 rings (SSSR count). The molecule has 1 fully saturated rings. The topological polar surface area (TPSA) is 29.1 Å². The second-order valence-corrected chi connectivity index (χ2v) is 3.04. The molecule has 2 heteroatoms. The van der Waals surface area contributed by atoms with Crippen molar-refractivity contribution in [1.29, 1.82) is 0 Å². The first kappa shape index (κ1) is 6.65. The largest absolute Gasteiger partial charge is 0.356 e. The van der Waals surface area contributed by atoms with Crippen LogP contribution in [-0.2, 0) is 4.79 Å². The molecule has 0 saturated carbocycles. The number of carbonyl (C=O) groups excluding carboxylic acids is 1. The molecule has 1 heterocycles. The van der Waals surface area contributed by atoms with Gasteiger partial charge in [-0.15, -0.1) is 0 Å². The quantitative estimate of drug-likeness (QED) is 0.544. The first-order valence-corrected chi connectivity index (χ1v) is 4.00. The molecule has 2 aliphatic rings. The van der Waals surface area contributed by atoms with Crippen molar-refractivity contribution >= 4 is 5.91 Å². The molecule has 0 radical (unpaired) electrons. The van der Waals surface area contributed by atoms with Crippen molar-refractivity contribution in [3.63, 3.8) is 0 Å². The average Bonchev–Trinajstić information content (AvgIpc) is 2.06. The number of hydrogen-bond acceptors (Lipinski definition) is 1. The molecule has 2 unspecified atom stereocenters. The summed E-state index contributed by atoms with van der Waals surface area (Å²) in [5, 5.41) is 2.86. The van der Waals surface area contributed by atoms with Gasteiger partial charge in [0.2, 0.25) is 5.91 Å². The van der Waals surface area contributed by atoms with Crippen LogP contribution in [-0.4, -0.2) is 12.5 Å². The van der Waals surface area contributed by atoms with Crippen molar-refractivity contribution in [3.05, 3.63) is 24.3 Å². The van der Waals surface area contributed by atoms with Gasteiger partial charge < -0.3 is 5.32 Å². The molecular formula is C9H11NO. The van der Waals surface area contributed by atoms with Crippen LogP contribution in [0.4, 0.5) is 0 Å². The fraction of sp³-hybridized carbons (Fsp3) is 0.444. The minimum atomic E-state index is 0.105. The van der Waals surface area contributed by atoms with Crippen molar-refractivity contribution in [3.8, 4) is 0 Å². The third-order valence-corrected chi connectivity index (χ3v) is 2.33. The lowest BCUT2D eigenvalue weighted by Gasteiger charge is -2.28. The summed E-state index contributed by atoms with van der Waals surface area (Å²) in [6.45, 7) is 0.832. The number of allylic oxidation sites excluding steroid dienone is 3. The third kappa shape index (κ3) is 1.09. The Morgan fingerprint density at radius 3 is 3.00 bits per heavy atom. The fourth-order valence-corrected chi connectivity index (χ4v) is 1.69. The smallest absolute Gasteiger partial charge is 0.227 e. The number of rotatable bonds is 0. The highest BCUT2D eigenvalue weighted by Crippen LogP contribution is 2.25. The molecule has 2 atom stereocenters. The molecule has 11 heavy (non-hydrogen) atoms. The Morgan fingerprint density at radius 1 is 1.36 bits per heavy atom. The summed E-state index contributed by atoms with van der Waals surface area (Å²) in [6, 6.07) is 0. The summed E-state index contributed by atoms with van der Waals surface area (Å²) in [5.41, 5.74) is 0. The van der Waals surface area contributed by atoms with Crippen molar-refractivity contribution in [2.45, 2.75) is 6.42 Å².